The van der Waals surface area contributed by atoms with Gasteiger partial charge in [-0.25, -0.2) is 4.98 Å². The number of aromatic nitrogens is 2. The van der Waals surface area contributed by atoms with E-state index in [4.69, 9.17) is 10.5 Å². The maximum atomic E-state index is 10.9. The molecule has 0 radical (unpaired) electrons. The van der Waals surface area contributed by atoms with Crippen LogP contribution >= 0.6 is 0 Å². The Bertz CT molecular complexity index is 386. The summed E-state index contributed by atoms with van der Waals surface area (Å²) < 4.78 is 5.48. The van der Waals surface area contributed by atoms with Crippen LogP contribution in [0.4, 0.5) is 0 Å². The lowest BCUT2D eigenvalue weighted by Crippen LogP contribution is -2.17. The van der Waals surface area contributed by atoms with Crippen LogP contribution in [0, 0.1) is 6.92 Å². The number of carbonyl (C=O) groups is 1. The van der Waals surface area contributed by atoms with Gasteiger partial charge in [-0.2, -0.15) is 0 Å². The molecule has 0 saturated carbocycles. The van der Waals surface area contributed by atoms with Gasteiger partial charge in [-0.3, -0.25) is 9.78 Å². The predicted octanol–water partition coefficient (Wildman–Crippen LogP) is 0.735. The molecule has 1 aromatic heterocycles. The fraction of sp³-hybridized carbons (Fsp3) is 0.500. The van der Waals surface area contributed by atoms with Crippen molar-refractivity contribution in [2.45, 2.75) is 25.9 Å². The molecule has 0 bridgehead atoms. The zero-order valence-electron chi connectivity index (χ0n) is 8.56. The molecule has 2 rings (SSSR count). The van der Waals surface area contributed by atoms with E-state index in [0.717, 1.165) is 25.1 Å². The Morgan fingerprint density at radius 1 is 1.67 bits per heavy atom. The van der Waals surface area contributed by atoms with Crippen LogP contribution in [0.3, 0.4) is 0 Å². The second kappa shape index (κ2) is 3.94. The van der Waals surface area contributed by atoms with Crippen LogP contribution in [0.5, 0.6) is 0 Å². The number of ether oxygens (including phenoxy) is 1. The molecule has 1 aliphatic rings. The number of primary amides is 1. The van der Waals surface area contributed by atoms with Gasteiger partial charge >= 0.3 is 0 Å². The Kier molecular flexibility index (Phi) is 2.64. The van der Waals surface area contributed by atoms with Crippen LogP contribution in [0.1, 0.15) is 40.8 Å². The maximum Gasteiger partial charge on any atom is 0.269 e. The van der Waals surface area contributed by atoms with Gasteiger partial charge in [0.25, 0.3) is 5.91 Å². The van der Waals surface area contributed by atoms with Gasteiger partial charge in [0.05, 0.1) is 17.6 Å². The van der Waals surface area contributed by atoms with Crippen LogP contribution in [-0.2, 0) is 4.74 Å². The molecule has 1 aliphatic heterocycles. The molecule has 5 nitrogen and oxygen atoms in total. The van der Waals surface area contributed by atoms with Crippen LogP contribution < -0.4 is 5.73 Å². The van der Waals surface area contributed by atoms with Gasteiger partial charge in [-0.05, 0) is 19.8 Å². The number of amides is 1. The Balaban J connectivity index is 2.28. The molecular formula is C10H13N3O2. The van der Waals surface area contributed by atoms with Crippen molar-refractivity contribution in [3.05, 3.63) is 23.3 Å². The van der Waals surface area contributed by atoms with Crippen molar-refractivity contribution in [2.24, 2.45) is 5.73 Å². The third-order valence-electron chi connectivity index (χ3n) is 2.46. The van der Waals surface area contributed by atoms with Gasteiger partial charge in [0.1, 0.15) is 11.8 Å². The summed E-state index contributed by atoms with van der Waals surface area (Å²) in [6.45, 7) is 2.49. The molecule has 2 N–H and O–H groups in total. The van der Waals surface area contributed by atoms with E-state index < -0.39 is 5.91 Å². The zero-order chi connectivity index (χ0) is 10.8. The van der Waals surface area contributed by atoms with Crippen LogP contribution in [-0.4, -0.2) is 22.5 Å². The van der Waals surface area contributed by atoms with Crippen LogP contribution in [0.2, 0.25) is 0 Å². The molecule has 2 heterocycles. The van der Waals surface area contributed by atoms with Crippen molar-refractivity contribution in [1.29, 1.82) is 0 Å². The van der Waals surface area contributed by atoms with Gasteiger partial charge in [0.15, 0.2) is 0 Å². The third kappa shape index (κ3) is 1.97. The van der Waals surface area contributed by atoms with Crippen molar-refractivity contribution < 1.29 is 9.53 Å². The number of hydrogen-bond acceptors (Lipinski definition) is 4. The summed E-state index contributed by atoms with van der Waals surface area (Å²) >= 11 is 0. The summed E-state index contributed by atoms with van der Waals surface area (Å²) in [6, 6.07) is 0. The SMILES string of the molecule is Cc1nc([C@@H]2CCCO2)cnc1C(N)=O. The Labute approximate surface area is 87.7 Å². The van der Waals surface area contributed by atoms with Gasteiger partial charge in [-0.15, -0.1) is 0 Å². The van der Waals surface area contributed by atoms with Gasteiger partial charge < -0.3 is 10.5 Å². The average molecular weight is 207 g/mol. The van der Waals surface area contributed by atoms with Crippen molar-refractivity contribution in [2.75, 3.05) is 6.61 Å². The zero-order valence-corrected chi connectivity index (χ0v) is 8.56. The molecule has 1 atom stereocenters. The first-order valence-electron chi connectivity index (χ1n) is 4.93. The van der Waals surface area contributed by atoms with E-state index in [1.807, 2.05) is 0 Å². The molecule has 1 fully saturated rings. The van der Waals surface area contributed by atoms with E-state index >= 15 is 0 Å². The molecule has 1 amide bonds. The minimum absolute atomic E-state index is 0.0260. The topological polar surface area (TPSA) is 78.1 Å². The molecular weight excluding hydrogens is 194 g/mol. The average Bonchev–Trinajstić information content (AvgIpc) is 2.69. The molecule has 1 aromatic rings. The summed E-state index contributed by atoms with van der Waals surface area (Å²) in [5.74, 6) is -0.543. The first-order valence-corrected chi connectivity index (χ1v) is 4.93. The number of carbonyl (C=O) groups excluding carboxylic acids is 1. The fourth-order valence-corrected chi connectivity index (χ4v) is 1.71. The minimum Gasteiger partial charge on any atom is -0.372 e. The van der Waals surface area contributed by atoms with Gasteiger partial charge in [-0.1, -0.05) is 0 Å². The smallest absolute Gasteiger partial charge is 0.269 e. The second-order valence-corrected chi connectivity index (χ2v) is 3.59. The monoisotopic (exact) mass is 207 g/mol. The Morgan fingerprint density at radius 3 is 3.00 bits per heavy atom. The summed E-state index contributed by atoms with van der Waals surface area (Å²) in [6.07, 6.45) is 3.61. The third-order valence-corrected chi connectivity index (χ3v) is 2.46. The molecule has 0 unspecified atom stereocenters. The normalized spacial score (nSPS) is 20.5. The van der Waals surface area contributed by atoms with Crippen LogP contribution in [0.25, 0.3) is 0 Å². The molecule has 0 aromatic carbocycles. The minimum atomic E-state index is -0.543. The summed E-state index contributed by atoms with van der Waals surface area (Å²) in [5.41, 5.74) is 6.73. The predicted molar refractivity (Wildman–Crippen MR) is 53.2 cm³/mol. The lowest BCUT2D eigenvalue weighted by molar-refractivity contribution is 0.0990. The van der Waals surface area contributed by atoms with Crippen molar-refractivity contribution in [3.8, 4) is 0 Å². The van der Waals surface area contributed by atoms with E-state index in [9.17, 15) is 4.79 Å². The van der Waals surface area contributed by atoms with Crippen molar-refractivity contribution in [1.82, 2.24) is 9.97 Å². The Morgan fingerprint density at radius 2 is 2.47 bits per heavy atom. The number of nitrogens with two attached hydrogens (primary N) is 1. The van der Waals surface area contributed by atoms with Crippen molar-refractivity contribution in [3.63, 3.8) is 0 Å². The molecule has 0 aliphatic carbocycles. The number of aryl methyl sites for hydroxylation is 1. The number of hydrogen-bond donors (Lipinski definition) is 1. The first-order chi connectivity index (χ1) is 7.18. The highest BCUT2D eigenvalue weighted by atomic mass is 16.5. The highest BCUT2D eigenvalue weighted by Crippen LogP contribution is 2.26. The largest absolute Gasteiger partial charge is 0.372 e. The molecule has 1 saturated heterocycles. The van der Waals surface area contributed by atoms with E-state index in [0.29, 0.717) is 5.69 Å². The van der Waals surface area contributed by atoms with E-state index in [-0.39, 0.29) is 11.8 Å². The number of nitrogens with zero attached hydrogens (tertiary/aromatic N) is 2. The lowest BCUT2D eigenvalue weighted by Gasteiger charge is -2.09. The fourth-order valence-electron chi connectivity index (χ4n) is 1.71. The van der Waals surface area contributed by atoms with E-state index in [1.165, 1.54) is 0 Å². The second-order valence-electron chi connectivity index (χ2n) is 3.59. The lowest BCUT2D eigenvalue weighted by atomic mass is 10.2. The van der Waals surface area contributed by atoms with Crippen molar-refractivity contribution >= 4 is 5.91 Å². The molecule has 80 valence electrons. The van der Waals surface area contributed by atoms with E-state index in [1.54, 1.807) is 13.1 Å². The van der Waals surface area contributed by atoms with E-state index in [2.05, 4.69) is 9.97 Å². The maximum absolute atomic E-state index is 10.9. The summed E-state index contributed by atoms with van der Waals surface area (Å²) in [5, 5.41) is 0. The summed E-state index contributed by atoms with van der Waals surface area (Å²) in [7, 11) is 0. The number of rotatable bonds is 2. The highest BCUT2D eigenvalue weighted by molar-refractivity contribution is 5.91. The van der Waals surface area contributed by atoms with Gasteiger partial charge in [0, 0.05) is 6.61 Å². The summed E-state index contributed by atoms with van der Waals surface area (Å²) in [4.78, 5) is 19.2. The highest BCUT2D eigenvalue weighted by Gasteiger charge is 2.20. The molecule has 15 heavy (non-hydrogen) atoms. The Hall–Kier alpha value is -1.49. The quantitative estimate of drug-likeness (QED) is 0.775. The van der Waals surface area contributed by atoms with Crippen LogP contribution in [0.15, 0.2) is 6.20 Å². The molecule has 5 heteroatoms. The van der Waals surface area contributed by atoms with Gasteiger partial charge in [0.2, 0.25) is 0 Å². The molecule has 0 spiro atoms. The standard InChI is InChI=1S/C10H13N3O2/c1-6-9(10(11)14)12-5-7(13-6)8-3-2-4-15-8/h5,8H,2-4H2,1H3,(H2,11,14)/t8-/m0/s1. The first kappa shape index (κ1) is 10.0.